The number of H-pyrrole nitrogens is 1. The highest BCUT2D eigenvalue weighted by atomic mass is 32.1. The van der Waals surface area contributed by atoms with Gasteiger partial charge < -0.3 is 5.32 Å². The molecule has 3 rings (SSSR count). The Labute approximate surface area is 178 Å². The molecule has 0 atom stereocenters. The van der Waals surface area contributed by atoms with E-state index in [1.165, 1.54) is 30.7 Å². The minimum Gasteiger partial charge on any atom is -0.332 e. The van der Waals surface area contributed by atoms with E-state index in [1.807, 2.05) is 38.1 Å². The Bertz CT molecular complexity index is 1100. The number of carbonyl (C=O) groups is 1. The summed E-state index contributed by atoms with van der Waals surface area (Å²) in [5.41, 5.74) is 5.43. The maximum Gasteiger partial charge on any atom is 0.273 e. The minimum absolute atomic E-state index is 0.111. The molecule has 1 amide bonds. The summed E-state index contributed by atoms with van der Waals surface area (Å²) in [4.78, 5) is 23.0. The first kappa shape index (κ1) is 21.1. The summed E-state index contributed by atoms with van der Waals surface area (Å²) in [6, 6.07) is 12.0. The number of thiocarbonyl (C=S) groups is 1. The van der Waals surface area contributed by atoms with Crippen molar-refractivity contribution < 1.29 is 9.72 Å². The van der Waals surface area contributed by atoms with Gasteiger partial charge in [0.05, 0.1) is 10.6 Å². The minimum atomic E-state index is -0.517. The van der Waals surface area contributed by atoms with Crippen LogP contribution in [0.2, 0.25) is 0 Å². The number of amides is 1. The van der Waals surface area contributed by atoms with Crippen LogP contribution < -0.4 is 10.6 Å². The molecular weight excluding hydrogens is 402 g/mol. The van der Waals surface area contributed by atoms with Gasteiger partial charge in [0.15, 0.2) is 5.11 Å². The van der Waals surface area contributed by atoms with Crippen molar-refractivity contribution in [2.45, 2.75) is 27.2 Å². The number of anilines is 1. The summed E-state index contributed by atoms with van der Waals surface area (Å²) in [6.07, 6.45) is 0.766. The molecule has 9 heteroatoms. The van der Waals surface area contributed by atoms with Gasteiger partial charge in [-0.05, 0) is 56.8 Å². The van der Waals surface area contributed by atoms with Crippen LogP contribution in [0, 0.1) is 30.9 Å². The Kier molecular flexibility index (Phi) is 6.22. The smallest absolute Gasteiger partial charge is 0.273 e. The predicted molar refractivity (Wildman–Crippen MR) is 119 cm³/mol. The third-order valence-corrected chi connectivity index (χ3v) is 5.05. The lowest BCUT2D eigenvalue weighted by molar-refractivity contribution is -0.385. The fraction of sp³-hybridized carbons (Fsp3) is 0.190. The topological polar surface area (TPSA) is 113 Å². The molecule has 8 nitrogen and oxygen atoms in total. The first-order valence-corrected chi connectivity index (χ1v) is 9.62. The molecule has 0 aliphatic rings. The lowest BCUT2D eigenvalue weighted by atomic mass is 10.0. The highest BCUT2D eigenvalue weighted by Gasteiger charge is 2.18. The standard InChI is InChI=1S/C21H21N5O3S/c1-12-17(5-4-6-19(12)26(28)29)20(27)23-21(30)22-16-9-7-15(8-10-16)11-18-13(2)24-25-14(18)3/h4-10H,11H2,1-3H3,(H,24,25)(H2,22,23,27,30). The Morgan fingerprint density at radius 1 is 1.17 bits per heavy atom. The van der Waals surface area contributed by atoms with Gasteiger partial charge in [0.1, 0.15) is 0 Å². The van der Waals surface area contributed by atoms with Crippen LogP contribution in [0.25, 0.3) is 0 Å². The number of nitro benzene ring substituents is 1. The molecule has 0 aliphatic heterocycles. The Balaban J connectivity index is 1.63. The molecule has 0 saturated heterocycles. The number of aromatic nitrogens is 2. The predicted octanol–water partition coefficient (Wildman–Crippen LogP) is 3.96. The van der Waals surface area contributed by atoms with Crippen molar-refractivity contribution in [3.63, 3.8) is 0 Å². The molecule has 0 fully saturated rings. The second kappa shape index (κ2) is 8.83. The van der Waals surface area contributed by atoms with Crippen molar-refractivity contribution in [1.29, 1.82) is 0 Å². The van der Waals surface area contributed by atoms with E-state index in [2.05, 4.69) is 20.8 Å². The van der Waals surface area contributed by atoms with Gasteiger partial charge in [0.2, 0.25) is 0 Å². The molecule has 154 valence electrons. The second-order valence-corrected chi connectivity index (χ2v) is 7.31. The van der Waals surface area contributed by atoms with Crippen LogP contribution in [-0.2, 0) is 6.42 Å². The van der Waals surface area contributed by atoms with Crippen molar-refractivity contribution in [2.24, 2.45) is 0 Å². The summed E-state index contributed by atoms with van der Waals surface area (Å²) in [5.74, 6) is -0.503. The molecule has 3 aromatic rings. The second-order valence-electron chi connectivity index (χ2n) is 6.90. The van der Waals surface area contributed by atoms with Crippen LogP contribution in [-0.4, -0.2) is 26.1 Å². The van der Waals surface area contributed by atoms with Crippen molar-refractivity contribution in [1.82, 2.24) is 15.5 Å². The van der Waals surface area contributed by atoms with E-state index >= 15 is 0 Å². The van der Waals surface area contributed by atoms with Gasteiger partial charge >= 0.3 is 0 Å². The average Bonchev–Trinajstić information content (AvgIpc) is 3.01. The molecule has 30 heavy (non-hydrogen) atoms. The van der Waals surface area contributed by atoms with Crippen molar-refractivity contribution in [3.8, 4) is 0 Å². The van der Waals surface area contributed by atoms with E-state index in [4.69, 9.17) is 12.2 Å². The maximum absolute atomic E-state index is 12.5. The van der Waals surface area contributed by atoms with E-state index in [9.17, 15) is 14.9 Å². The van der Waals surface area contributed by atoms with E-state index in [1.54, 1.807) is 0 Å². The highest BCUT2D eigenvalue weighted by Crippen LogP contribution is 2.21. The van der Waals surface area contributed by atoms with E-state index in [-0.39, 0.29) is 21.9 Å². The van der Waals surface area contributed by atoms with Gasteiger partial charge in [0, 0.05) is 40.6 Å². The number of aromatic amines is 1. The first-order valence-electron chi connectivity index (χ1n) is 9.22. The molecule has 0 bridgehead atoms. The molecule has 0 unspecified atom stereocenters. The summed E-state index contributed by atoms with van der Waals surface area (Å²) in [5, 5.41) is 23.9. The third kappa shape index (κ3) is 4.69. The zero-order valence-corrected chi connectivity index (χ0v) is 17.6. The van der Waals surface area contributed by atoms with E-state index < -0.39 is 10.8 Å². The molecule has 0 saturated carbocycles. The van der Waals surface area contributed by atoms with Crippen molar-refractivity contribution in [2.75, 3.05) is 5.32 Å². The Morgan fingerprint density at radius 3 is 2.47 bits per heavy atom. The summed E-state index contributed by atoms with van der Waals surface area (Å²) >= 11 is 5.21. The summed E-state index contributed by atoms with van der Waals surface area (Å²) in [7, 11) is 0. The number of rotatable bonds is 5. The van der Waals surface area contributed by atoms with Gasteiger partial charge in [0.25, 0.3) is 11.6 Å². The van der Waals surface area contributed by atoms with Crippen LogP contribution in [0.4, 0.5) is 11.4 Å². The van der Waals surface area contributed by atoms with Crippen LogP contribution in [0.5, 0.6) is 0 Å². The molecule has 2 aromatic carbocycles. The zero-order valence-electron chi connectivity index (χ0n) is 16.8. The Hall–Kier alpha value is -3.59. The fourth-order valence-electron chi connectivity index (χ4n) is 3.14. The number of hydrogen-bond acceptors (Lipinski definition) is 5. The monoisotopic (exact) mass is 423 g/mol. The fourth-order valence-corrected chi connectivity index (χ4v) is 3.36. The van der Waals surface area contributed by atoms with Gasteiger partial charge in [-0.15, -0.1) is 0 Å². The average molecular weight is 423 g/mol. The summed E-state index contributed by atoms with van der Waals surface area (Å²) in [6.45, 7) is 5.50. The number of carbonyl (C=O) groups excluding carboxylic acids is 1. The largest absolute Gasteiger partial charge is 0.332 e. The highest BCUT2D eigenvalue weighted by molar-refractivity contribution is 7.80. The van der Waals surface area contributed by atoms with Gasteiger partial charge in [-0.25, -0.2) is 0 Å². The molecule has 0 spiro atoms. The van der Waals surface area contributed by atoms with Crippen molar-refractivity contribution in [3.05, 3.63) is 86.2 Å². The number of nitrogens with zero attached hydrogens (tertiary/aromatic N) is 2. The third-order valence-electron chi connectivity index (χ3n) is 4.85. The van der Waals surface area contributed by atoms with Crippen LogP contribution >= 0.6 is 12.2 Å². The van der Waals surface area contributed by atoms with Crippen LogP contribution in [0.1, 0.15) is 38.4 Å². The molecule has 0 aliphatic carbocycles. The number of hydrogen-bond donors (Lipinski definition) is 3. The lowest BCUT2D eigenvalue weighted by Gasteiger charge is -2.11. The van der Waals surface area contributed by atoms with E-state index in [0.717, 1.165) is 29.1 Å². The number of aryl methyl sites for hydroxylation is 2. The zero-order chi connectivity index (χ0) is 21.8. The Morgan fingerprint density at radius 2 is 1.87 bits per heavy atom. The number of nitro groups is 1. The van der Waals surface area contributed by atoms with Gasteiger partial charge in [-0.2, -0.15) is 5.10 Å². The van der Waals surface area contributed by atoms with E-state index in [0.29, 0.717) is 0 Å². The summed E-state index contributed by atoms with van der Waals surface area (Å²) < 4.78 is 0. The molecule has 0 radical (unpaired) electrons. The molecule has 3 N–H and O–H groups in total. The molecular formula is C21H21N5O3S. The van der Waals surface area contributed by atoms with Crippen molar-refractivity contribution >= 4 is 34.6 Å². The van der Waals surface area contributed by atoms with Crippen LogP contribution in [0.3, 0.4) is 0 Å². The normalized spacial score (nSPS) is 10.5. The number of benzene rings is 2. The number of nitrogens with one attached hydrogen (secondary N) is 3. The van der Waals surface area contributed by atoms with Gasteiger partial charge in [-0.1, -0.05) is 18.2 Å². The first-order chi connectivity index (χ1) is 14.3. The molecule has 1 aromatic heterocycles. The SMILES string of the molecule is Cc1n[nH]c(C)c1Cc1ccc(NC(=S)NC(=O)c2cccc([N+](=O)[O-])c2C)cc1. The maximum atomic E-state index is 12.5. The lowest BCUT2D eigenvalue weighted by Crippen LogP contribution is -2.34. The molecule has 1 heterocycles. The quantitative estimate of drug-likeness (QED) is 0.325. The van der Waals surface area contributed by atoms with Gasteiger partial charge in [-0.3, -0.25) is 25.3 Å². The van der Waals surface area contributed by atoms with Crippen LogP contribution in [0.15, 0.2) is 42.5 Å².